The van der Waals surface area contributed by atoms with Crippen LogP contribution in [-0.4, -0.2) is 23.9 Å². The molecule has 0 spiro atoms. The van der Waals surface area contributed by atoms with E-state index in [1.54, 1.807) is 17.0 Å². The molecule has 3 rings (SSSR count). The van der Waals surface area contributed by atoms with E-state index in [9.17, 15) is 13.6 Å². The van der Waals surface area contributed by atoms with Crippen LogP contribution in [0.2, 0.25) is 0 Å². The second-order valence-electron chi connectivity index (χ2n) is 5.98. The third-order valence-corrected chi connectivity index (χ3v) is 4.40. The summed E-state index contributed by atoms with van der Waals surface area (Å²) in [6.45, 7) is 1.31. The molecular weight excluding hydrogens is 300 g/mol. The van der Waals surface area contributed by atoms with Gasteiger partial charge in [-0.1, -0.05) is 6.07 Å². The molecule has 1 aliphatic heterocycles. The van der Waals surface area contributed by atoms with Gasteiger partial charge >= 0.3 is 0 Å². The lowest BCUT2D eigenvalue weighted by Crippen LogP contribution is -2.39. The van der Waals surface area contributed by atoms with Gasteiger partial charge in [0.25, 0.3) is 5.91 Å². The highest BCUT2D eigenvalue weighted by atomic mass is 19.1. The summed E-state index contributed by atoms with van der Waals surface area (Å²) in [5.74, 6) is -0.516. The van der Waals surface area contributed by atoms with Gasteiger partial charge in [0.2, 0.25) is 0 Å². The van der Waals surface area contributed by atoms with Crippen molar-refractivity contribution in [3.05, 3.63) is 59.6 Å². The number of likely N-dealkylation sites (tertiary alicyclic amines) is 1. The van der Waals surface area contributed by atoms with Crippen molar-refractivity contribution in [3.8, 4) is 0 Å². The Hall–Kier alpha value is -2.17. The highest BCUT2D eigenvalue weighted by Gasteiger charge is 2.26. The highest BCUT2D eigenvalue weighted by Crippen LogP contribution is 2.24. The summed E-state index contributed by atoms with van der Waals surface area (Å²) >= 11 is 0. The molecule has 122 valence electrons. The lowest BCUT2D eigenvalue weighted by molar-refractivity contribution is 0.0636. The molecule has 0 unspecified atom stereocenters. The molecule has 0 N–H and O–H groups in total. The minimum Gasteiger partial charge on any atom is -0.459 e. The molecule has 2 aromatic rings. The molecule has 3 nitrogen and oxygen atoms in total. The van der Waals surface area contributed by atoms with Gasteiger partial charge in [0, 0.05) is 18.7 Å². The number of hydrogen-bond acceptors (Lipinski definition) is 2. The Morgan fingerprint density at radius 2 is 2.00 bits per heavy atom. The zero-order valence-corrected chi connectivity index (χ0v) is 12.8. The van der Waals surface area contributed by atoms with E-state index in [1.807, 2.05) is 0 Å². The summed E-state index contributed by atoms with van der Waals surface area (Å²) in [7, 11) is 0. The fraction of sp³-hybridized carbons (Fsp3) is 0.389. The van der Waals surface area contributed by atoms with E-state index >= 15 is 0 Å². The third kappa shape index (κ3) is 3.60. The quantitative estimate of drug-likeness (QED) is 0.852. The first-order valence-corrected chi connectivity index (χ1v) is 7.91. The largest absolute Gasteiger partial charge is 0.459 e. The van der Waals surface area contributed by atoms with Gasteiger partial charge in [-0.3, -0.25) is 4.79 Å². The molecule has 1 fully saturated rings. The van der Waals surface area contributed by atoms with Crippen molar-refractivity contribution in [2.24, 2.45) is 5.92 Å². The topological polar surface area (TPSA) is 33.5 Å². The Bertz CT molecular complexity index is 649. The maximum atomic E-state index is 13.7. The van der Waals surface area contributed by atoms with Crippen molar-refractivity contribution in [2.75, 3.05) is 13.1 Å². The van der Waals surface area contributed by atoms with Gasteiger partial charge in [-0.15, -0.1) is 0 Å². The molecule has 23 heavy (non-hydrogen) atoms. The molecule has 1 aromatic heterocycles. The molecule has 0 bridgehead atoms. The first-order chi connectivity index (χ1) is 11.1. The average Bonchev–Trinajstić information content (AvgIpc) is 3.08. The second-order valence-corrected chi connectivity index (χ2v) is 5.98. The fourth-order valence-corrected chi connectivity index (χ4v) is 3.16. The molecule has 1 aliphatic rings. The Labute approximate surface area is 133 Å². The van der Waals surface area contributed by atoms with Crippen LogP contribution in [0.3, 0.4) is 0 Å². The summed E-state index contributed by atoms with van der Waals surface area (Å²) in [4.78, 5) is 14.1. The molecule has 1 atom stereocenters. The molecule has 5 heteroatoms. The Kier molecular flexibility index (Phi) is 4.74. The zero-order chi connectivity index (χ0) is 16.2. The lowest BCUT2D eigenvalue weighted by Gasteiger charge is -2.32. The normalized spacial score (nSPS) is 18.2. The van der Waals surface area contributed by atoms with E-state index in [4.69, 9.17) is 4.42 Å². The Morgan fingerprint density at radius 3 is 2.70 bits per heavy atom. The first-order valence-electron chi connectivity index (χ1n) is 7.91. The minimum atomic E-state index is -0.496. The number of hydrogen-bond donors (Lipinski definition) is 0. The molecule has 1 amide bonds. The lowest BCUT2D eigenvalue weighted by atomic mass is 9.91. The van der Waals surface area contributed by atoms with Crippen molar-refractivity contribution >= 4 is 5.91 Å². The number of piperidine rings is 1. The van der Waals surface area contributed by atoms with Crippen LogP contribution in [0.25, 0.3) is 0 Å². The van der Waals surface area contributed by atoms with E-state index in [2.05, 4.69) is 0 Å². The maximum absolute atomic E-state index is 13.7. The number of halogens is 2. The summed E-state index contributed by atoms with van der Waals surface area (Å²) in [6.07, 6.45) is 4.37. The van der Waals surface area contributed by atoms with Crippen molar-refractivity contribution in [1.29, 1.82) is 0 Å². The Morgan fingerprint density at radius 1 is 1.22 bits per heavy atom. The third-order valence-electron chi connectivity index (χ3n) is 4.40. The van der Waals surface area contributed by atoms with E-state index in [0.717, 1.165) is 12.8 Å². The average molecular weight is 319 g/mol. The molecule has 1 aromatic carbocycles. The van der Waals surface area contributed by atoms with Gasteiger partial charge in [0.1, 0.15) is 11.6 Å². The molecule has 1 saturated heterocycles. The zero-order valence-electron chi connectivity index (χ0n) is 12.8. The number of amides is 1. The van der Waals surface area contributed by atoms with Crippen LogP contribution in [0.4, 0.5) is 8.78 Å². The minimum absolute atomic E-state index is 0.114. The van der Waals surface area contributed by atoms with Gasteiger partial charge in [0.15, 0.2) is 5.76 Å². The molecular formula is C18H19F2NO2. The Balaban J connectivity index is 1.60. The number of benzene rings is 1. The molecule has 2 heterocycles. The van der Waals surface area contributed by atoms with Crippen molar-refractivity contribution in [2.45, 2.75) is 25.7 Å². The first kappa shape index (κ1) is 15.7. The van der Waals surface area contributed by atoms with Crippen molar-refractivity contribution in [3.63, 3.8) is 0 Å². The van der Waals surface area contributed by atoms with E-state index in [0.29, 0.717) is 31.7 Å². The molecule has 0 radical (unpaired) electrons. The van der Waals surface area contributed by atoms with Crippen molar-refractivity contribution < 1.29 is 18.0 Å². The van der Waals surface area contributed by atoms with E-state index < -0.39 is 11.6 Å². The monoisotopic (exact) mass is 319 g/mol. The van der Waals surface area contributed by atoms with Gasteiger partial charge in [0.05, 0.1) is 6.26 Å². The SMILES string of the molecule is O=C(c1ccco1)N1CCC[C@@H](CCc2c(F)cccc2F)C1. The summed E-state index contributed by atoms with van der Waals surface area (Å²) in [6, 6.07) is 7.28. The number of nitrogens with zero attached hydrogens (tertiary/aromatic N) is 1. The number of carbonyl (C=O) groups excluding carboxylic acids is 1. The maximum Gasteiger partial charge on any atom is 0.289 e. The highest BCUT2D eigenvalue weighted by molar-refractivity contribution is 5.91. The standard InChI is InChI=1S/C18H19F2NO2/c19-15-5-1-6-16(20)14(15)9-8-13-4-2-10-21(12-13)18(22)17-7-3-11-23-17/h1,3,5-7,11,13H,2,4,8-10,12H2/t13-/m0/s1. The fourth-order valence-electron chi connectivity index (χ4n) is 3.16. The van der Waals surface area contributed by atoms with Gasteiger partial charge < -0.3 is 9.32 Å². The predicted molar refractivity (Wildman–Crippen MR) is 82.0 cm³/mol. The number of furan rings is 1. The van der Waals surface area contributed by atoms with Gasteiger partial charge in [-0.05, 0) is 55.9 Å². The van der Waals surface area contributed by atoms with Crippen molar-refractivity contribution in [1.82, 2.24) is 4.90 Å². The van der Waals surface area contributed by atoms with Gasteiger partial charge in [-0.2, -0.15) is 0 Å². The van der Waals surface area contributed by atoms with Gasteiger partial charge in [-0.25, -0.2) is 8.78 Å². The van der Waals surface area contributed by atoms with Crippen LogP contribution in [0, 0.1) is 17.6 Å². The van der Waals surface area contributed by atoms with Crippen LogP contribution < -0.4 is 0 Å². The summed E-state index contributed by atoms with van der Waals surface area (Å²) in [5.41, 5.74) is 0.141. The smallest absolute Gasteiger partial charge is 0.289 e. The van der Waals surface area contributed by atoms with E-state index in [-0.39, 0.29) is 17.4 Å². The number of carbonyl (C=O) groups is 1. The summed E-state index contributed by atoms with van der Waals surface area (Å²) < 4.78 is 32.5. The molecule has 0 saturated carbocycles. The molecule has 0 aliphatic carbocycles. The summed E-state index contributed by atoms with van der Waals surface area (Å²) in [5, 5.41) is 0. The van der Waals surface area contributed by atoms with Crippen LogP contribution in [0.15, 0.2) is 41.0 Å². The number of rotatable bonds is 4. The van der Waals surface area contributed by atoms with Crippen LogP contribution >= 0.6 is 0 Å². The second kappa shape index (κ2) is 6.94. The van der Waals surface area contributed by atoms with Crippen LogP contribution in [0.5, 0.6) is 0 Å². The van der Waals surface area contributed by atoms with Crippen LogP contribution in [0.1, 0.15) is 35.4 Å². The van der Waals surface area contributed by atoms with Crippen LogP contribution in [-0.2, 0) is 6.42 Å². The van der Waals surface area contributed by atoms with E-state index in [1.165, 1.54) is 24.5 Å². The predicted octanol–water partition coefficient (Wildman–Crippen LogP) is 4.04.